The van der Waals surface area contributed by atoms with Crippen molar-refractivity contribution in [3.05, 3.63) is 82.7 Å². The number of benzene rings is 2. The summed E-state index contributed by atoms with van der Waals surface area (Å²) in [6, 6.07) is 14.1. The van der Waals surface area contributed by atoms with Gasteiger partial charge in [-0.3, -0.25) is 9.58 Å². The van der Waals surface area contributed by atoms with Crippen LogP contribution in [-0.2, 0) is 31.5 Å². The highest BCUT2D eigenvalue weighted by molar-refractivity contribution is 5.22. The smallest absolute Gasteiger partial charge is 0.159 e. The van der Waals surface area contributed by atoms with Crippen LogP contribution in [0.5, 0.6) is 0 Å². The lowest BCUT2D eigenvalue weighted by Crippen LogP contribution is -2.36. The van der Waals surface area contributed by atoms with E-state index < -0.39 is 11.6 Å². The molecule has 5 nitrogen and oxygen atoms in total. The SMILES string of the molecule is Cn1nnc2c1C(COCc1ccccc1)CN(Cc1ccc(F)c(F)c1)C2. The maximum atomic E-state index is 13.5. The van der Waals surface area contributed by atoms with E-state index >= 15 is 0 Å². The molecule has 28 heavy (non-hydrogen) atoms. The molecular formula is C21H22F2N4O. The van der Waals surface area contributed by atoms with Crippen molar-refractivity contribution in [1.82, 2.24) is 19.9 Å². The molecule has 0 spiro atoms. The van der Waals surface area contributed by atoms with Crippen molar-refractivity contribution in [2.45, 2.75) is 25.6 Å². The van der Waals surface area contributed by atoms with Crippen molar-refractivity contribution >= 4 is 0 Å². The average Bonchev–Trinajstić information content (AvgIpc) is 3.06. The third-order valence-corrected chi connectivity index (χ3v) is 5.00. The van der Waals surface area contributed by atoms with Crippen LogP contribution in [0.4, 0.5) is 8.78 Å². The lowest BCUT2D eigenvalue weighted by Gasteiger charge is -2.32. The molecule has 0 fully saturated rings. The highest BCUT2D eigenvalue weighted by atomic mass is 19.2. The third-order valence-electron chi connectivity index (χ3n) is 5.00. The molecule has 146 valence electrons. The van der Waals surface area contributed by atoms with E-state index in [4.69, 9.17) is 4.74 Å². The molecule has 1 atom stereocenters. The normalized spacial score (nSPS) is 16.9. The van der Waals surface area contributed by atoms with E-state index in [-0.39, 0.29) is 5.92 Å². The van der Waals surface area contributed by atoms with E-state index in [1.54, 1.807) is 10.7 Å². The second-order valence-corrected chi connectivity index (χ2v) is 7.16. The molecule has 0 saturated heterocycles. The Morgan fingerprint density at radius 2 is 1.89 bits per heavy atom. The quantitative estimate of drug-likeness (QED) is 0.653. The van der Waals surface area contributed by atoms with Crippen molar-refractivity contribution in [3.8, 4) is 0 Å². The van der Waals surface area contributed by atoms with E-state index in [0.29, 0.717) is 26.3 Å². The Balaban J connectivity index is 1.45. The molecule has 1 aliphatic rings. The Morgan fingerprint density at radius 1 is 1.07 bits per heavy atom. The Hall–Kier alpha value is -2.64. The molecule has 7 heteroatoms. The lowest BCUT2D eigenvalue weighted by molar-refractivity contribution is 0.0829. The summed E-state index contributed by atoms with van der Waals surface area (Å²) in [7, 11) is 1.89. The van der Waals surface area contributed by atoms with Crippen LogP contribution in [0.25, 0.3) is 0 Å². The fourth-order valence-corrected chi connectivity index (χ4v) is 3.74. The van der Waals surface area contributed by atoms with E-state index in [1.807, 2.05) is 37.4 Å². The fraction of sp³-hybridized carbons (Fsp3) is 0.333. The topological polar surface area (TPSA) is 43.2 Å². The predicted octanol–water partition coefficient (Wildman–Crippen LogP) is 3.41. The summed E-state index contributed by atoms with van der Waals surface area (Å²) in [5.74, 6) is -1.54. The van der Waals surface area contributed by atoms with Crippen LogP contribution in [0.15, 0.2) is 48.5 Å². The molecule has 2 heterocycles. The van der Waals surface area contributed by atoms with Gasteiger partial charge in [0.2, 0.25) is 0 Å². The van der Waals surface area contributed by atoms with Gasteiger partial charge < -0.3 is 4.74 Å². The third kappa shape index (κ3) is 4.10. The van der Waals surface area contributed by atoms with Crippen LogP contribution in [0.2, 0.25) is 0 Å². The minimum atomic E-state index is -0.828. The summed E-state index contributed by atoms with van der Waals surface area (Å²) >= 11 is 0. The highest BCUT2D eigenvalue weighted by Crippen LogP contribution is 2.28. The maximum Gasteiger partial charge on any atom is 0.159 e. The van der Waals surface area contributed by atoms with Gasteiger partial charge in [0.15, 0.2) is 11.6 Å². The summed E-state index contributed by atoms with van der Waals surface area (Å²) < 4.78 is 34.5. The highest BCUT2D eigenvalue weighted by Gasteiger charge is 2.30. The summed E-state index contributed by atoms with van der Waals surface area (Å²) in [5.41, 5.74) is 3.84. The minimum absolute atomic E-state index is 0.109. The fourth-order valence-electron chi connectivity index (χ4n) is 3.74. The van der Waals surface area contributed by atoms with Crippen LogP contribution in [0.1, 0.15) is 28.4 Å². The first-order chi connectivity index (χ1) is 13.6. The van der Waals surface area contributed by atoms with Gasteiger partial charge in [-0.1, -0.05) is 41.6 Å². The number of halogens is 2. The average molecular weight is 384 g/mol. The molecule has 0 saturated carbocycles. The molecule has 1 aliphatic heterocycles. The van der Waals surface area contributed by atoms with Gasteiger partial charge in [-0.2, -0.15) is 0 Å². The Labute approximate surface area is 162 Å². The van der Waals surface area contributed by atoms with E-state index in [1.165, 1.54) is 12.1 Å². The zero-order chi connectivity index (χ0) is 19.5. The van der Waals surface area contributed by atoms with Crippen LogP contribution >= 0.6 is 0 Å². The number of aryl methyl sites for hydroxylation is 1. The molecule has 4 rings (SSSR count). The van der Waals surface area contributed by atoms with Crippen molar-refractivity contribution in [1.29, 1.82) is 0 Å². The number of rotatable bonds is 6. The molecule has 3 aromatic rings. The first-order valence-corrected chi connectivity index (χ1v) is 9.26. The Kier molecular flexibility index (Phi) is 5.45. The number of fused-ring (bicyclic) bond motifs is 1. The zero-order valence-corrected chi connectivity index (χ0v) is 15.7. The van der Waals surface area contributed by atoms with Gasteiger partial charge in [0.05, 0.1) is 18.9 Å². The van der Waals surface area contributed by atoms with Gasteiger partial charge in [0.25, 0.3) is 0 Å². The molecule has 0 bridgehead atoms. The second-order valence-electron chi connectivity index (χ2n) is 7.16. The molecule has 1 unspecified atom stereocenters. The van der Waals surface area contributed by atoms with E-state index in [2.05, 4.69) is 15.2 Å². The monoisotopic (exact) mass is 384 g/mol. The number of ether oxygens (including phenoxy) is 1. The number of hydrogen-bond donors (Lipinski definition) is 0. The molecular weight excluding hydrogens is 362 g/mol. The first kappa shape index (κ1) is 18.7. The van der Waals surface area contributed by atoms with E-state index in [0.717, 1.165) is 29.1 Å². The maximum absolute atomic E-state index is 13.5. The Bertz CT molecular complexity index is 945. The summed E-state index contributed by atoms with van der Waals surface area (Å²) in [6.45, 7) is 2.96. The molecule has 0 aliphatic carbocycles. The van der Waals surface area contributed by atoms with Crippen molar-refractivity contribution in [2.75, 3.05) is 13.2 Å². The molecule has 0 radical (unpaired) electrons. The van der Waals surface area contributed by atoms with Crippen molar-refractivity contribution in [3.63, 3.8) is 0 Å². The number of aromatic nitrogens is 3. The second kappa shape index (κ2) is 8.16. The van der Waals surface area contributed by atoms with E-state index in [9.17, 15) is 8.78 Å². The summed E-state index contributed by atoms with van der Waals surface area (Å²) in [6.07, 6.45) is 0. The lowest BCUT2D eigenvalue weighted by atomic mass is 9.98. The van der Waals surface area contributed by atoms with Gasteiger partial charge in [-0.05, 0) is 23.3 Å². The van der Waals surface area contributed by atoms with Gasteiger partial charge in [0, 0.05) is 32.6 Å². The molecule has 0 amide bonds. The van der Waals surface area contributed by atoms with Gasteiger partial charge in [-0.25, -0.2) is 8.78 Å². The molecule has 1 aromatic heterocycles. The van der Waals surface area contributed by atoms with Crippen LogP contribution < -0.4 is 0 Å². The standard InChI is InChI=1S/C21H22F2N4O/c1-26-21-17(14-28-13-15-5-3-2-4-6-15)11-27(12-20(21)24-25-26)10-16-7-8-18(22)19(23)9-16/h2-9,17H,10-14H2,1H3. The van der Waals surface area contributed by atoms with Gasteiger partial charge in [0.1, 0.15) is 5.69 Å². The number of nitrogens with zero attached hydrogens (tertiary/aromatic N) is 4. The zero-order valence-electron chi connectivity index (χ0n) is 15.7. The number of hydrogen-bond acceptors (Lipinski definition) is 4. The minimum Gasteiger partial charge on any atom is -0.376 e. The first-order valence-electron chi connectivity index (χ1n) is 9.26. The van der Waals surface area contributed by atoms with Crippen LogP contribution in [0, 0.1) is 11.6 Å². The van der Waals surface area contributed by atoms with Crippen molar-refractivity contribution < 1.29 is 13.5 Å². The summed E-state index contributed by atoms with van der Waals surface area (Å²) in [5, 5.41) is 8.43. The van der Waals surface area contributed by atoms with Crippen LogP contribution in [0.3, 0.4) is 0 Å². The molecule has 0 N–H and O–H groups in total. The molecule has 2 aromatic carbocycles. The van der Waals surface area contributed by atoms with Gasteiger partial charge in [-0.15, -0.1) is 5.10 Å². The Morgan fingerprint density at radius 3 is 2.68 bits per heavy atom. The van der Waals surface area contributed by atoms with Crippen molar-refractivity contribution in [2.24, 2.45) is 7.05 Å². The summed E-state index contributed by atoms with van der Waals surface area (Å²) in [4.78, 5) is 2.17. The predicted molar refractivity (Wildman–Crippen MR) is 100 cm³/mol. The largest absolute Gasteiger partial charge is 0.376 e. The van der Waals surface area contributed by atoms with Gasteiger partial charge >= 0.3 is 0 Å². The van der Waals surface area contributed by atoms with Crippen LogP contribution in [-0.4, -0.2) is 33.0 Å².